The molecule has 1 aromatic rings. The first-order valence-corrected chi connectivity index (χ1v) is 7.68. The fourth-order valence-electron chi connectivity index (χ4n) is 2.74. The Hall–Kier alpha value is -1.67. The maximum atomic E-state index is 5.70. The van der Waals surface area contributed by atoms with Gasteiger partial charge in [-0.05, 0) is 32.1 Å². The molecule has 8 nitrogen and oxygen atoms in total. The lowest BCUT2D eigenvalue weighted by molar-refractivity contribution is 0.0246. The summed E-state index contributed by atoms with van der Waals surface area (Å²) in [7, 11) is 0. The number of ether oxygens (including phenoxy) is 1. The van der Waals surface area contributed by atoms with Crippen LogP contribution in [0.3, 0.4) is 0 Å². The predicted molar refractivity (Wildman–Crippen MR) is 81.2 cm³/mol. The molecule has 21 heavy (non-hydrogen) atoms. The summed E-state index contributed by atoms with van der Waals surface area (Å²) >= 11 is 0. The van der Waals surface area contributed by atoms with Crippen LogP contribution in [0.1, 0.15) is 32.1 Å². The van der Waals surface area contributed by atoms with E-state index in [1.807, 2.05) is 0 Å². The summed E-state index contributed by atoms with van der Waals surface area (Å²) in [6.07, 6.45) is 6.05. The molecule has 0 bridgehead atoms. The van der Waals surface area contributed by atoms with Gasteiger partial charge in [0.25, 0.3) is 0 Å². The molecule has 1 aromatic heterocycles. The van der Waals surface area contributed by atoms with E-state index in [1.165, 1.54) is 19.3 Å². The van der Waals surface area contributed by atoms with Gasteiger partial charge in [-0.1, -0.05) is 0 Å². The molecule has 2 aliphatic heterocycles. The molecule has 1 atom stereocenters. The van der Waals surface area contributed by atoms with Crippen molar-refractivity contribution in [3.63, 3.8) is 0 Å². The standard InChI is InChI=1S/C13H23N7O/c14-19-12-16-11(15-9-10-5-1-4-8-21-10)17-13(18-12)20-6-2-3-7-20/h10H,1-9,14H2,(H2,15,16,17,18,19). The van der Waals surface area contributed by atoms with Gasteiger partial charge in [0, 0.05) is 26.2 Å². The van der Waals surface area contributed by atoms with Crippen LogP contribution >= 0.6 is 0 Å². The predicted octanol–water partition coefficient (Wildman–Crippen LogP) is 0.738. The molecule has 0 saturated carbocycles. The van der Waals surface area contributed by atoms with Gasteiger partial charge in [0.2, 0.25) is 17.8 Å². The van der Waals surface area contributed by atoms with Gasteiger partial charge in [-0.25, -0.2) is 5.84 Å². The van der Waals surface area contributed by atoms with E-state index in [-0.39, 0.29) is 6.10 Å². The molecule has 0 aliphatic carbocycles. The molecule has 3 rings (SSSR count). The highest BCUT2D eigenvalue weighted by molar-refractivity contribution is 5.43. The number of nitrogens with one attached hydrogen (secondary N) is 2. The van der Waals surface area contributed by atoms with Crippen LogP contribution in [0.2, 0.25) is 0 Å². The van der Waals surface area contributed by atoms with Crippen LogP contribution in [0.4, 0.5) is 17.8 Å². The number of hydrogen-bond donors (Lipinski definition) is 3. The molecule has 0 spiro atoms. The summed E-state index contributed by atoms with van der Waals surface area (Å²) in [5, 5.41) is 3.24. The first-order chi connectivity index (χ1) is 10.3. The Labute approximate surface area is 124 Å². The lowest BCUT2D eigenvalue weighted by atomic mass is 10.1. The van der Waals surface area contributed by atoms with Crippen LogP contribution in [-0.2, 0) is 4.74 Å². The number of nitrogens with zero attached hydrogens (tertiary/aromatic N) is 4. The zero-order valence-corrected chi connectivity index (χ0v) is 12.2. The number of hydrogen-bond acceptors (Lipinski definition) is 8. The van der Waals surface area contributed by atoms with Crippen LogP contribution < -0.4 is 21.5 Å². The molecule has 2 saturated heterocycles. The molecule has 3 heterocycles. The van der Waals surface area contributed by atoms with Gasteiger partial charge < -0.3 is 15.0 Å². The molecule has 116 valence electrons. The van der Waals surface area contributed by atoms with Crippen molar-refractivity contribution in [2.45, 2.75) is 38.2 Å². The topological polar surface area (TPSA) is 101 Å². The minimum Gasteiger partial charge on any atom is -0.376 e. The second-order valence-corrected chi connectivity index (χ2v) is 5.49. The van der Waals surface area contributed by atoms with E-state index in [9.17, 15) is 0 Å². The summed E-state index contributed by atoms with van der Waals surface area (Å²) < 4.78 is 5.70. The zero-order chi connectivity index (χ0) is 14.5. The van der Waals surface area contributed by atoms with Gasteiger partial charge in [0.1, 0.15) is 0 Å². The van der Waals surface area contributed by atoms with Gasteiger partial charge in [0.15, 0.2) is 0 Å². The summed E-state index contributed by atoms with van der Waals surface area (Å²) in [4.78, 5) is 15.2. The van der Waals surface area contributed by atoms with Crippen molar-refractivity contribution in [1.82, 2.24) is 15.0 Å². The molecule has 2 aliphatic rings. The minimum absolute atomic E-state index is 0.236. The van der Waals surface area contributed by atoms with Crippen LogP contribution in [-0.4, -0.2) is 47.3 Å². The van der Waals surface area contributed by atoms with Gasteiger partial charge >= 0.3 is 0 Å². The van der Waals surface area contributed by atoms with E-state index >= 15 is 0 Å². The highest BCUT2D eigenvalue weighted by Crippen LogP contribution is 2.19. The van der Waals surface area contributed by atoms with Gasteiger partial charge in [-0.15, -0.1) is 0 Å². The first-order valence-electron chi connectivity index (χ1n) is 7.68. The lowest BCUT2D eigenvalue weighted by Gasteiger charge is -2.23. The van der Waals surface area contributed by atoms with E-state index in [4.69, 9.17) is 10.6 Å². The number of aromatic nitrogens is 3. The van der Waals surface area contributed by atoms with Crippen molar-refractivity contribution in [1.29, 1.82) is 0 Å². The zero-order valence-electron chi connectivity index (χ0n) is 12.2. The van der Waals surface area contributed by atoms with Crippen molar-refractivity contribution >= 4 is 17.8 Å². The molecule has 0 aromatic carbocycles. The highest BCUT2D eigenvalue weighted by atomic mass is 16.5. The third kappa shape index (κ3) is 3.70. The molecule has 8 heteroatoms. The number of nitrogens with two attached hydrogens (primary N) is 1. The van der Waals surface area contributed by atoms with Crippen molar-refractivity contribution in [2.24, 2.45) is 5.84 Å². The van der Waals surface area contributed by atoms with E-state index in [1.54, 1.807) is 0 Å². The maximum absolute atomic E-state index is 5.70. The van der Waals surface area contributed by atoms with Crippen molar-refractivity contribution in [2.75, 3.05) is 41.9 Å². The summed E-state index contributed by atoms with van der Waals surface area (Å²) in [5.41, 5.74) is 2.51. The Morgan fingerprint density at radius 1 is 1.10 bits per heavy atom. The second-order valence-electron chi connectivity index (χ2n) is 5.49. The maximum Gasteiger partial charge on any atom is 0.243 e. The summed E-state index contributed by atoms with van der Waals surface area (Å²) in [6.45, 7) is 3.53. The van der Waals surface area contributed by atoms with E-state index in [2.05, 4.69) is 30.6 Å². The quantitative estimate of drug-likeness (QED) is 0.540. The Balaban J connectivity index is 1.66. The largest absolute Gasteiger partial charge is 0.376 e. The average molecular weight is 293 g/mol. The van der Waals surface area contributed by atoms with Gasteiger partial charge in [-0.3, -0.25) is 5.43 Å². The number of nitrogen functional groups attached to an aromatic ring is 1. The molecule has 2 fully saturated rings. The van der Waals surface area contributed by atoms with Crippen molar-refractivity contribution in [3.8, 4) is 0 Å². The van der Waals surface area contributed by atoms with Crippen LogP contribution in [0.5, 0.6) is 0 Å². The van der Waals surface area contributed by atoms with Gasteiger partial charge in [-0.2, -0.15) is 15.0 Å². The molecular weight excluding hydrogens is 270 g/mol. The minimum atomic E-state index is 0.236. The lowest BCUT2D eigenvalue weighted by Crippen LogP contribution is -2.28. The molecule has 4 N–H and O–H groups in total. The normalized spacial score (nSPS) is 22.3. The Morgan fingerprint density at radius 3 is 2.62 bits per heavy atom. The van der Waals surface area contributed by atoms with E-state index < -0.39 is 0 Å². The number of anilines is 3. The fraction of sp³-hybridized carbons (Fsp3) is 0.769. The molecule has 0 radical (unpaired) electrons. The first kappa shape index (κ1) is 14.3. The fourth-order valence-corrected chi connectivity index (χ4v) is 2.74. The highest BCUT2D eigenvalue weighted by Gasteiger charge is 2.18. The summed E-state index contributed by atoms with van der Waals surface area (Å²) in [6, 6.07) is 0. The third-order valence-corrected chi connectivity index (χ3v) is 3.90. The Kier molecular flexibility index (Phi) is 4.66. The molecule has 1 unspecified atom stereocenters. The monoisotopic (exact) mass is 293 g/mol. The van der Waals surface area contributed by atoms with Crippen LogP contribution in [0.15, 0.2) is 0 Å². The smallest absolute Gasteiger partial charge is 0.243 e. The number of rotatable bonds is 5. The molecular formula is C13H23N7O. The average Bonchev–Trinajstić information content (AvgIpc) is 3.08. The van der Waals surface area contributed by atoms with E-state index in [0.717, 1.165) is 32.5 Å². The van der Waals surface area contributed by atoms with Crippen LogP contribution in [0.25, 0.3) is 0 Å². The number of hydrazine groups is 1. The van der Waals surface area contributed by atoms with Crippen LogP contribution in [0, 0.1) is 0 Å². The SMILES string of the molecule is NNc1nc(NCC2CCCCO2)nc(N2CCCC2)n1. The van der Waals surface area contributed by atoms with Gasteiger partial charge in [0.05, 0.1) is 6.10 Å². The van der Waals surface area contributed by atoms with E-state index in [0.29, 0.717) is 24.4 Å². The summed E-state index contributed by atoms with van der Waals surface area (Å²) in [5.74, 6) is 7.07. The van der Waals surface area contributed by atoms with Crippen molar-refractivity contribution < 1.29 is 4.74 Å². The Morgan fingerprint density at radius 2 is 1.90 bits per heavy atom. The Bertz CT molecular complexity index is 458. The van der Waals surface area contributed by atoms with Crippen molar-refractivity contribution in [3.05, 3.63) is 0 Å². The molecule has 0 amide bonds. The third-order valence-electron chi connectivity index (χ3n) is 3.90. The second kappa shape index (κ2) is 6.86.